The van der Waals surface area contributed by atoms with Crippen LogP contribution in [0, 0.1) is 0 Å². The molecule has 5 heteroatoms. The Kier molecular flexibility index (Phi) is 6.47. The van der Waals surface area contributed by atoms with E-state index in [-0.39, 0.29) is 17.4 Å². The number of hydrogen-bond acceptors (Lipinski definition) is 2. The van der Waals surface area contributed by atoms with Crippen LogP contribution in [0.25, 0.3) is 0 Å². The Bertz CT molecular complexity index is 472. The fourth-order valence-electron chi connectivity index (χ4n) is 1.86. The summed E-state index contributed by atoms with van der Waals surface area (Å²) in [5.41, 5.74) is 0.931. The van der Waals surface area contributed by atoms with Gasteiger partial charge in [0.15, 0.2) is 0 Å². The highest BCUT2D eigenvalue weighted by atomic mass is 35.5. The van der Waals surface area contributed by atoms with Crippen molar-refractivity contribution < 1.29 is 8.42 Å². The van der Waals surface area contributed by atoms with Crippen molar-refractivity contribution >= 4 is 33.0 Å². The summed E-state index contributed by atoms with van der Waals surface area (Å²) in [6, 6.07) is 7.45. The molecule has 1 aromatic carbocycles. The summed E-state index contributed by atoms with van der Waals surface area (Å²) < 4.78 is 23.4. The molecule has 0 aliphatic heterocycles. The predicted molar refractivity (Wildman–Crippen MR) is 78.5 cm³/mol. The second-order valence-electron chi connectivity index (χ2n) is 4.31. The molecule has 0 aromatic heterocycles. The summed E-state index contributed by atoms with van der Waals surface area (Å²) in [4.78, 5) is 0. The third-order valence-electron chi connectivity index (χ3n) is 2.82. The van der Waals surface area contributed by atoms with Crippen LogP contribution in [-0.2, 0) is 9.84 Å². The van der Waals surface area contributed by atoms with Gasteiger partial charge in [-0.3, -0.25) is 0 Å². The standard InChI is InChI=1S/C13H18Cl2O2S/c1-2-8-18(16,17)9-7-11(10-14)12-5-3-4-6-13(12)15/h3-6,11H,2,7-10H2,1H3. The molecule has 0 amide bonds. The van der Waals surface area contributed by atoms with E-state index in [1.54, 1.807) is 6.07 Å². The van der Waals surface area contributed by atoms with Crippen molar-refractivity contribution in [3.8, 4) is 0 Å². The van der Waals surface area contributed by atoms with Gasteiger partial charge in [0.1, 0.15) is 9.84 Å². The lowest BCUT2D eigenvalue weighted by molar-refractivity contribution is 0.587. The van der Waals surface area contributed by atoms with Crippen LogP contribution in [0.2, 0.25) is 5.02 Å². The Labute approximate surface area is 119 Å². The van der Waals surface area contributed by atoms with Crippen molar-refractivity contribution in [2.75, 3.05) is 17.4 Å². The summed E-state index contributed by atoms with van der Waals surface area (Å²) >= 11 is 12.0. The van der Waals surface area contributed by atoms with Gasteiger partial charge in [-0.2, -0.15) is 0 Å². The van der Waals surface area contributed by atoms with E-state index in [1.165, 1.54) is 0 Å². The first kappa shape index (κ1) is 15.8. The number of hydrogen-bond donors (Lipinski definition) is 0. The Morgan fingerprint density at radius 3 is 2.44 bits per heavy atom. The van der Waals surface area contributed by atoms with E-state index < -0.39 is 9.84 Å². The van der Waals surface area contributed by atoms with Gasteiger partial charge in [0.25, 0.3) is 0 Å². The predicted octanol–water partition coefficient (Wildman–Crippen LogP) is 3.88. The largest absolute Gasteiger partial charge is 0.229 e. The van der Waals surface area contributed by atoms with E-state index in [4.69, 9.17) is 23.2 Å². The molecule has 0 radical (unpaired) electrons. The Morgan fingerprint density at radius 2 is 1.89 bits per heavy atom. The highest BCUT2D eigenvalue weighted by Crippen LogP contribution is 2.28. The van der Waals surface area contributed by atoms with Crippen LogP contribution in [0.3, 0.4) is 0 Å². The summed E-state index contributed by atoms with van der Waals surface area (Å²) in [7, 11) is -2.96. The average Bonchev–Trinajstić information content (AvgIpc) is 2.32. The zero-order chi connectivity index (χ0) is 13.6. The molecule has 0 saturated heterocycles. The molecule has 1 atom stereocenters. The van der Waals surface area contributed by atoms with E-state index in [9.17, 15) is 8.42 Å². The van der Waals surface area contributed by atoms with Crippen molar-refractivity contribution in [1.29, 1.82) is 0 Å². The second kappa shape index (κ2) is 7.37. The van der Waals surface area contributed by atoms with E-state index in [1.807, 2.05) is 25.1 Å². The number of benzene rings is 1. The van der Waals surface area contributed by atoms with Gasteiger partial charge < -0.3 is 0 Å². The average molecular weight is 309 g/mol. The molecule has 0 fully saturated rings. The minimum absolute atomic E-state index is 0.00741. The van der Waals surface area contributed by atoms with Gasteiger partial charge in [0.05, 0.1) is 5.75 Å². The van der Waals surface area contributed by atoms with Gasteiger partial charge in [0, 0.05) is 16.7 Å². The lowest BCUT2D eigenvalue weighted by Crippen LogP contribution is -2.14. The normalized spacial score (nSPS) is 13.5. The van der Waals surface area contributed by atoms with E-state index >= 15 is 0 Å². The van der Waals surface area contributed by atoms with Gasteiger partial charge in [-0.05, 0) is 30.4 Å². The molecule has 1 aromatic rings. The molecular weight excluding hydrogens is 291 g/mol. The Hall–Kier alpha value is -0.250. The van der Waals surface area contributed by atoms with Crippen molar-refractivity contribution in [1.82, 2.24) is 0 Å². The van der Waals surface area contributed by atoms with Gasteiger partial charge in [-0.1, -0.05) is 36.7 Å². The lowest BCUT2D eigenvalue weighted by Gasteiger charge is -2.15. The maximum atomic E-state index is 11.7. The molecule has 102 valence electrons. The van der Waals surface area contributed by atoms with Crippen LogP contribution in [0.15, 0.2) is 24.3 Å². The molecule has 0 spiro atoms. The molecule has 1 rings (SSSR count). The van der Waals surface area contributed by atoms with Crippen molar-refractivity contribution in [2.45, 2.75) is 25.7 Å². The topological polar surface area (TPSA) is 34.1 Å². The summed E-state index contributed by atoms with van der Waals surface area (Å²) in [6.07, 6.45) is 1.18. The molecule has 2 nitrogen and oxygen atoms in total. The van der Waals surface area contributed by atoms with Crippen LogP contribution < -0.4 is 0 Å². The van der Waals surface area contributed by atoms with Gasteiger partial charge in [-0.15, -0.1) is 11.6 Å². The van der Waals surface area contributed by atoms with E-state index in [0.717, 1.165) is 5.56 Å². The van der Waals surface area contributed by atoms with Gasteiger partial charge in [0.2, 0.25) is 0 Å². The highest BCUT2D eigenvalue weighted by Gasteiger charge is 2.17. The maximum Gasteiger partial charge on any atom is 0.150 e. The molecule has 0 aliphatic rings. The summed E-state index contributed by atoms with van der Waals surface area (Å²) in [5, 5.41) is 0.649. The molecule has 0 aliphatic carbocycles. The Balaban J connectivity index is 2.72. The first-order valence-corrected chi connectivity index (χ1v) is 8.74. The van der Waals surface area contributed by atoms with Crippen molar-refractivity contribution in [3.63, 3.8) is 0 Å². The second-order valence-corrected chi connectivity index (χ2v) is 7.33. The third-order valence-corrected chi connectivity index (χ3v) is 5.43. The zero-order valence-electron chi connectivity index (χ0n) is 10.4. The van der Waals surface area contributed by atoms with Crippen molar-refractivity contribution in [3.05, 3.63) is 34.9 Å². The van der Waals surface area contributed by atoms with Crippen LogP contribution >= 0.6 is 23.2 Å². The minimum Gasteiger partial charge on any atom is -0.229 e. The minimum atomic E-state index is -2.96. The fourth-order valence-corrected chi connectivity index (χ4v) is 3.94. The van der Waals surface area contributed by atoms with Crippen LogP contribution in [0.1, 0.15) is 31.2 Å². The summed E-state index contributed by atoms with van der Waals surface area (Å²) in [6.45, 7) is 1.87. The number of rotatable bonds is 7. The maximum absolute atomic E-state index is 11.7. The van der Waals surface area contributed by atoms with Crippen LogP contribution in [0.4, 0.5) is 0 Å². The van der Waals surface area contributed by atoms with Crippen LogP contribution in [-0.4, -0.2) is 25.8 Å². The van der Waals surface area contributed by atoms with E-state index in [0.29, 0.717) is 23.7 Å². The van der Waals surface area contributed by atoms with Gasteiger partial charge >= 0.3 is 0 Å². The number of halogens is 2. The lowest BCUT2D eigenvalue weighted by atomic mass is 9.98. The monoisotopic (exact) mass is 308 g/mol. The molecule has 0 N–H and O–H groups in total. The first-order chi connectivity index (χ1) is 8.50. The molecule has 0 saturated carbocycles. The van der Waals surface area contributed by atoms with Crippen LogP contribution in [0.5, 0.6) is 0 Å². The third kappa shape index (κ3) is 4.79. The fraction of sp³-hybridized carbons (Fsp3) is 0.538. The highest BCUT2D eigenvalue weighted by molar-refractivity contribution is 7.91. The molecule has 0 heterocycles. The molecule has 1 unspecified atom stereocenters. The zero-order valence-corrected chi connectivity index (χ0v) is 12.7. The first-order valence-electron chi connectivity index (χ1n) is 6.01. The SMILES string of the molecule is CCCS(=O)(=O)CCC(CCl)c1ccccc1Cl. The quantitative estimate of drug-likeness (QED) is 0.716. The van der Waals surface area contributed by atoms with Crippen molar-refractivity contribution in [2.24, 2.45) is 0 Å². The summed E-state index contributed by atoms with van der Waals surface area (Å²) in [5.74, 6) is 0.784. The number of sulfone groups is 1. The molecule has 18 heavy (non-hydrogen) atoms. The molecule has 0 bridgehead atoms. The number of alkyl halides is 1. The molecular formula is C13H18Cl2O2S. The van der Waals surface area contributed by atoms with Gasteiger partial charge in [-0.25, -0.2) is 8.42 Å². The smallest absolute Gasteiger partial charge is 0.150 e. The Morgan fingerprint density at radius 1 is 1.22 bits per heavy atom. The van der Waals surface area contributed by atoms with E-state index in [2.05, 4.69) is 0 Å².